The van der Waals surface area contributed by atoms with E-state index >= 15 is 0 Å². The van der Waals surface area contributed by atoms with Crippen LogP contribution in [0.2, 0.25) is 0 Å². The maximum atomic E-state index is 11.1. The molecule has 0 aliphatic carbocycles. The molecule has 0 fully saturated rings. The molecule has 0 radical (unpaired) electrons. The Morgan fingerprint density at radius 2 is 1.14 bits per heavy atom. The average molecular weight is 306 g/mol. The Morgan fingerprint density at radius 1 is 0.810 bits per heavy atom. The van der Waals surface area contributed by atoms with Crippen LogP contribution in [0, 0.1) is 0 Å². The minimum Gasteiger partial charge on any atom is -0.481 e. The second kappa shape index (κ2) is 7.79. The molecule has 6 N–H and O–H groups in total. The molecule has 0 heterocycles. The second-order valence-corrected chi connectivity index (χ2v) is 4.04. The van der Waals surface area contributed by atoms with E-state index in [2.05, 4.69) is 0 Å². The van der Waals surface area contributed by atoms with E-state index in [1.807, 2.05) is 0 Å². The van der Waals surface area contributed by atoms with Crippen LogP contribution in [0.25, 0.3) is 0 Å². The van der Waals surface area contributed by atoms with Crippen LogP contribution in [0.4, 0.5) is 0 Å². The van der Waals surface area contributed by atoms with Crippen LogP contribution >= 0.6 is 0 Å². The molecule has 0 aromatic carbocycles. The quantitative estimate of drug-likeness (QED) is 0.291. The summed E-state index contributed by atoms with van der Waals surface area (Å²) in [6.07, 6.45) is -2.04. The normalized spacial score (nSPS) is 13.4. The van der Waals surface area contributed by atoms with Gasteiger partial charge in [0.15, 0.2) is 0 Å². The van der Waals surface area contributed by atoms with Crippen LogP contribution in [0.1, 0.15) is 12.8 Å². The van der Waals surface area contributed by atoms with Crippen molar-refractivity contribution in [3.8, 4) is 0 Å². The molecule has 0 aromatic heterocycles. The summed E-state index contributed by atoms with van der Waals surface area (Å²) in [5, 5.41) is 35.2. The van der Waals surface area contributed by atoms with E-state index < -0.39 is 61.3 Å². The SMILES string of the molecule is NC(=O)CN(C(CC(=O)O)C(=O)O)C(CC(=O)O)C(=O)O. The summed E-state index contributed by atoms with van der Waals surface area (Å²) in [7, 11) is 0. The van der Waals surface area contributed by atoms with Gasteiger partial charge < -0.3 is 26.2 Å². The van der Waals surface area contributed by atoms with Crippen molar-refractivity contribution in [1.82, 2.24) is 4.90 Å². The monoisotopic (exact) mass is 306 g/mol. The number of primary amides is 1. The van der Waals surface area contributed by atoms with Gasteiger partial charge in [-0.2, -0.15) is 0 Å². The molecular weight excluding hydrogens is 292 g/mol. The minimum absolute atomic E-state index is 0.440. The summed E-state index contributed by atoms with van der Waals surface area (Å²) in [4.78, 5) is 54.8. The van der Waals surface area contributed by atoms with E-state index in [0.29, 0.717) is 4.90 Å². The van der Waals surface area contributed by atoms with Gasteiger partial charge in [0.05, 0.1) is 19.4 Å². The zero-order chi connectivity index (χ0) is 16.7. The highest BCUT2D eigenvalue weighted by molar-refractivity contribution is 5.86. The lowest BCUT2D eigenvalue weighted by atomic mass is 10.1. The predicted molar refractivity (Wildman–Crippen MR) is 63.3 cm³/mol. The van der Waals surface area contributed by atoms with Crippen molar-refractivity contribution in [3.63, 3.8) is 0 Å². The molecule has 0 rings (SSSR count). The largest absolute Gasteiger partial charge is 0.481 e. The number of rotatable bonds is 10. The standard InChI is InChI=1S/C10H14N2O9/c11-6(13)3-12(4(9(18)19)1-7(14)15)5(10(20)21)2-8(16)17/h4-5H,1-3H2,(H2,11,13)(H,14,15)(H,16,17)(H,18,19)(H,20,21). The summed E-state index contributed by atoms with van der Waals surface area (Å²) in [5.41, 5.74) is 4.87. The predicted octanol–water partition coefficient (Wildman–Crippen LogP) is -2.37. The van der Waals surface area contributed by atoms with Crippen LogP contribution in [-0.4, -0.2) is 73.7 Å². The van der Waals surface area contributed by atoms with E-state index in [1.54, 1.807) is 0 Å². The van der Waals surface area contributed by atoms with Gasteiger partial charge in [-0.1, -0.05) is 0 Å². The van der Waals surface area contributed by atoms with Crippen molar-refractivity contribution in [2.24, 2.45) is 5.73 Å². The van der Waals surface area contributed by atoms with Crippen molar-refractivity contribution >= 4 is 29.8 Å². The van der Waals surface area contributed by atoms with Crippen LogP contribution in [-0.2, 0) is 24.0 Å². The maximum Gasteiger partial charge on any atom is 0.321 e. The zero-order valence-corrected chi connectivity index (χ0v) is 10.6. The van der Waals surface area contributed by atoms with Gasteiger partial charge in [0.2, 0.25) is 5.91 Å². The number of hydrogen-bond donors (Lipinski definition) is 5. The highest BCUT2D eigenvalue weighted by Gasteiger charge is 2.38. The van der Waals surface area contributed by atoms with E-state index in [9.17, 15) is 24.0 Å². The highest BCUT2D eigenvalue weighted by atomic mass is 16.4. The molecule has 2 atom stereocenters. The molecule has 118 valence electrons. The lowest BCUT2D eigenvalue weighted by molar-refractivity contribution is -0.159. The first-order chi connectivity index (χ1) is 9.56. The van der Waals surface area contributed by atoms with Crippen molar-refractivity contribution < 1.29 is 44.4 Å². The Balaban J connectivity index is 5.60. The lowest BCUT2D eigenvalue weighted by Crippen LogP contribution is -2.54. The van der Waals surface area contributed by atoms with Crippen molar-refractivity contribution in [2.45, 2.75) is 24.9 Å². The van der Waals surface area contributed by atoms with Gasteiger partial charge in [0, 0.05) is 0 Å². The number of carbonyl (C=O) groups excluding carboxylic acids is 1. The van der Waals surface area contributed by atoms with Gasteiger partial charge in [-0.25, -0.2) is 0 Å². The van der Waals surface area contributed by atoms with E-state index in [4.69, 9.17) is 26.2 Å². The molecule has 1 amide bonds. The van der Waals surface area contributed by atoms with Crippen LogP contribution < -0.4 is 5.73 Å². The lowest BCUT2D eigenvalue weighted by Gasteiger charge is -2.31. The number of carboxylic acid groups (broad SMARTS) is 4. The third-order valence-corrected chi connectivity index (χ3v) is 2.45. The molecule has 2 unspecified atom stereocenters. The average Bonchev–Trinajstić information content (AvgIpc) is 2.29. The van der Waals surface area contributed by atoms with E-state index in [1.165, 1.54) is 0 Å². The molecule has 0 saturated heterocycles. The number of nitrogens with zero attached hydrogens (tertiary/aromatic N) is 1. The second-order valence-electron chi connectivity index (χ2n) is 4.04. The summed E-state index contributed by atoms with van der Waals surface area (Å²) in [6, 6.07) is -3.81. The highest BCUT2D eigenvalue weighted by Crippen LogP contribution is 2.14. The number of nitrogens with two attached hydrogens (primary N) is 1. The molecule has 0 aliphatic heterocycles. The molecule has 0 bridgehead atoms. The van der Waals surface area contributed by atoms with Crippen molar-refractivity contribution in [3.05, 3.63) is 0 Å². The van der Waals surface area contributed by atoms with Gasteiger partial charge >= 0.3 is 23.9 Å². The number of amides is 1. The third kappa shape index (κ3) is 6.33. The summed E-state index contributed by atoms with van der Waals surface area (Å²) in [5.74, 6) is -7.67. The Bertz CT molecular complexity index is 427. The summed E-state index contributed by atoms with van der Waals surface area (Å²) in [6.45, 7) is -0.908. The Labute approximate surface area is 117 Å². The van der Waals surface area contributed by atoms with Gasteiger partial charge in [0.1, 0.15) is 12.1 Å². The molecule has 0 aliphatic rings. The number of carboxylic acids is 4. The summed E-state index contributed by atoms with van der Waals surface area (Å²) >= 11 is 0. The van der Waals surface area contributed by atoms with Crippen molar-refractivity contribution in [1.29, 1.82) is 0 Å². The number of aliphatic carboxylic acids is 4. The van der Waals surface area contributed by atoms with Crippen LogP contribution in [0.3, 0.4) is 0 Å². The van der Waals surface area contributed by atoms with Crippen molar-refractivity contribution in [2.75, 3.05) is 6.54 Å². The van der Waals surface area contributed by atoms with Gasteiger partial charge in [-0.3, -0.25) is 28.9 Å². The zero-order valence-electron chi connectivity index (χ0n) is 10.6. The number of carbonyl (C=O) groups is 5. The minimum atomic E-state index is -1.91. The Hall–Kier alpha value is -2.69. The van der Waals surface area contributed by atoms with Crippen LogP contribution in [0.5, 0.6) is 0 Å². The van der Waals surface area contributed by atoms with Gasteiger partial charge in [0.25, 0.3) is 0 Å². The first-order valence-corrected chi connectivity index (χ1v) is 5.49. The topological polar surface area (TPSA) is 196 Å². The van der Waals surface area contributed by atoms with Gasteiger partial charge in [-0.15, -0.1) is 0 Å². The third-order valence-electron chi connectivity index (χ3n) is 2.45. The summed E-state index contributed by atoms with van der Waals surface area (Å²) < 4.78 is 0. The fourth-order valence-electron chi connectivity index (χ4n) is 1.64. The Morgan fingerprint density at radius 3 is 1.33 bits per heavy atom. The first-order valence-electron chi connectivity index (χ1n) is 5.49. The number of hydrogen-bond acceptors (Lipinski definition) is 6. The smallest absolute Gasteiger partial charge is 0.321 e. The van der Waals surface area contributed by atoms with E-state index in [0.717, 1.165) is 0 Å². The Kier molecular flexibility index (Phi) is 6.79. The fraction of sp³-hybridized carbons (Fsp3) is 0.500. The molecular formula is C10H14N2O9. The van der Waals surface area contributed by atoms with Crippen LogP contribution in [0.15, 0.2) is 0 Å². The van der Waals surface area contributed by atoms with Gasteiger partial charge in [-0.05, 0) is 0 Å². The molecule has 0 aromatic rings. The van der Waals surface area contributed by atoms with E-state index in [-0.39, 0.29) is 0 Å². The molecule has 0 spiro atoms. The first kappa shape index (κ1) is 18.3. The molecule has 21 heavy (non-hydrogen) atoms. The fourth-order valence-corrected chi connectivity index (χ4v) is 1.64. The molecule has 11 nitrogen and oxygen atoms in total. The maximum absolute atomic E-state index is 11.1. The molecule has 11 heteroatoms. The molecule has 0 saturated carbocycles.